The maximum absolute atomic E-state index is 12.0. The maximum Gasteiger partial charge on any atom is 0.449 e. The Morgan fingerprint density at radius 2 is 2.07 bits per heavy atom. The summed E-state index contributed by atoms with van der Waals surface area (Å²) < 4.78 is 40.6. The Morgan fingerprint density at radius 1 is 1.43 bits per heavy atom. The van der Waals surface area contributed by atoms with Gasteiger partial charge in [-0.25, -0.2) is 0 Å². The lowest BCUT2D eigenvalue weighted by molar-refractivity contribution is -0.153. The van der Waals surface area contributed by atoms with Crippen LogP contribution in [0, 0.1) is 0 Å². The summed E-state index contributed by atoms with van der Waals surface area (Å²) in [7, 11) is 0. The van der Waals surface area contributed by atoms with E-state index in [1.54, 1.807) is 0 Å². The molecule has 0 aliphatic carbocycles. The van der Waals surface area contributed by atoms with Gasteiger partial charge in [0.15, 0.2) is 0 Å². The first-order valence-electron chi connectivity index (χ1n) is 3.97. The number of halogens is 3. The zero-order valence-corrected chi connectivity index (χ0v) is 7.21. The van der Waals surface area contributed by atoms with Gasteiger partial charge < -0.3 is 15.3 Å². The van der Waals surface area contributed by atoms with Crippen molar-refractivity contribution in [2.75, 3.05) is 6.54 Å². The second-order valence-electron chi connectivity index (χ2n) is 2.86. The predicted molar refractivity (Wildman–Crippen MR) is 42.5 cm³/mol. The molecule has 3 nitrogen and oxygen atoms in total. The van der Waals surface area contributed by atoms with Gasteiger partial charge in [0.1, 0.15) is 5.76 Å². The number of hydrogen-bond donors (Lipinski definition) is 2. The van der Waals surface area contributed by atoms with Crippen LogP contribution in [0.1, 0.15) is 11.5 Å². The van der Waals surface area contributed by atoms with Gasteiger partial charge in [-0.15, -0.1) is 0 Å². The van der Waals surface area contributed by atoms with Crippen LogP contribution >= 0.6 is 0 Å². The fourth-order valence-electron chi connectivity index (χ4n) is 0.956. The van der Waals surface area contributed by atoms with E-state index in [1.807, 2.05) is 0 Å². The number of aliphatic hydroxyl groups is 1. The molecule has 1 aromatic rings. The third-order valence-corrected chi connectivity index (χ3v) is 1.65. The summed E-state index contributed by atoms with van der Waals surface area (Å²) in [5, 5.41) is 9.06. The van der Waals surface area contributed by atoms with E-state index >= 15 is 0 Å². The van der Waals surface area contributed by atoms with Crippen LogP contribution in [0.4, 0.5) is 13.2 Å². The van der Waals surface area contributed by atoms with Gasteiger partial charge in [0.2, 0.25) is 5.76 Å². The van der Waals surface area contributed by atoms with Crippen LogP contribution in [0.25, 0.3) is 0 Å². The molecule has 14 heavy (non-hydrogen) atoms. The number of aliphatic hydroxyl groups excluding tert-OH is 1. The zero-order valence-electron chi connectivity index (χ0n) is 7.21. The van der Waals surface area contributed by atoms with Crippen LogP contribution in [0.3, 0.4) is 0 Å². The smallest absolute Gasteiger partial charge is 0.449 e. The number of hydrogen-bond acceptors (Lipinski definition) is 3. The molecule has 1 heterocycles. The van der Waals surface area contributed by atoms with E-state index < -0.39 is 18.0 Å². The van der Waals surface area contributed by atoms with Gasteiger partial charge in [-0.2, -0.15) is 13.2 Å². The third-order valence-electron chi connectivity index (χ3n) is 1.65. The minimum atomic E-state index is -4.48. The highest BCUT2D eigenvalue weighted by atomic mass is 19.4. The van der Waals surface area contributed by atoms with Crippen LogP contribution in [0.5, 0.6) is 0 Å². The molecule has 1 unspecified atom stereocenters. The Kier molecular flexibility index (Phi) is 3.17. The van der Waals surface area contributed by atoms with Crippen molar-refractivity contribution in [1.82, 2.24) is 0 Å². The van der Waals surface area contributed by atoms with E-state index in [9.17, 15) is 13.2 Å². The van der Waals surface area contributed by atoms with E-state index in [0.717, 1.165) is 6.07 Å². The second kappa shape index (κ2) is 4.02. The molecule has 0 fully saturated rings. The first kappa shape index (κ1) is 11.1. The molecule has 0 amide bonds. The molecule has 1 rings (SSSR count). The van der Waals surface area contributed by atoms with Crippen LogP contribution in [-0.2, 0) is 12.6 Å². The molecule has 0 radical (unpaired) electrons. The largest absolute Gasteiger partial charge is 0.456 e. The maximum atomic E-state index is 12.0. The molecule has 0 saturated carbocycles. The fourth-order valence-corrected chi connectivity index (χ4v) is 0.956. The molecule has 3 N–H and O–H groups in total. The summed E-state index contributed by atoms with van der Waals surface area (Å²) in [6.07, 6.45) is -5.36. The molecule has 0 aliphatic heterocycles. The normalized spacial score (nSPS) is 14.4. The summed E-state index contributed by atoms with van der Waals surface area (Å²) in [5.41, 5.74) is 5.10. The Hall–Kier alpha value is -1.01. The standard InChI is InChI=1S/C8H10F3NO2/c9-8(10,11)7-2-1-6(14-7)3-5(13)4-12/h1-2,5,13H,3-4,12H2. The van der Waals surface area contributed by atoms with E-state index in [2.05, 4.69) is 4.42 Å². The SMILES string of the molecule is NCC(O)Cc1ccc(C(F)(F)F)o1. The molecule has 0 spiro atoms. The minimum Gasteiger partial charge on any atom is -0.456 e. The summed E-state index contributed by atoms with van der Waals surface area (Å²) in [6.45, 7) is -0.0119. The van der Waals surface area contributed by atoms with E-state index in [4.69, 9.17) is 10.8 Å². The molecular weight excluding hydrogens is 199 g/mol. The molecular formula is C8H10F3NO2. The molecule has 1 aromatic heterocycles. The van der Waals surface area contributed by atoms with Crippen LogP contribution in [0.15, 0.2) is 16.5 Å². The molecule has 0 aromatic carbocycles. The zero-order chi connectivity index (χ0) is 10.8. The fraction of sp³-hybridized carbons (Fsp3) is 0.500. The van der Waals surface area contributed by atoms with Crippen molar-refractivity contribution in [1.29, 1.82) is 0 Å². The lowest BCUT2D eigenvalue weighted by Gasteiger charge is -2.04. The van der Waals surface area contributed by atoms with Crippen LogP contribution in [0.2, 0.25) is 0 Å². The number of nitrogens with two attached hydrogens (primary N) is 1. The highest BCUT2D eigenvalue weighted by molar-refractivity contribution is 5.10. The van der Waals surface area contributed by atoms with Crippen LogP contribution < -0.4 is 5.73 Å². The average Bonchev–Trinajstić information content (AvgIpc) is 2.51. The van der Waals surface area contributed by atoms with Gasteiger partial charge in [0.25, 0.3) is 0 Å². The van der Waals surface area contributed by atoms with Gasteiger partial charge >= 0.3 is 6.18 Å². The second-order valence-corrected chi connectivity index (χ2v) is 2.86. The molecule has 1 atom stereocenters. The first-order chi connectivity index (χ1) is 6.43. The lowest BCUT2D eigenvalue weighted by Crippen LogP contribution is -2.21. The van der Waals surface area contributed by atoms with Crippen molar-refractivity contribution in [3.05, 3.63) is 23.7 Å². The summed E-state index contributed by atoms with van der Waals surface area (Å²) in [4.78, 5) is 0. The molecule has 80 valence electrons. The number of rotatable bonds is 3. The molecule has 6 heteroatoms. The van der Waals surface area contributed by atoms with Crippen molar-refractivity contribution in [3.63, 3.8) is 0 Å². The van der Waals surface area contributed by atoms with E-state index in [1.165, 1.54) is 6.07 Å². The minimum absolute atomic E-state index is 0.00736. The number of furan rings is 1. The first-order valence-corrected chi connectivity index (χ1v) is 3.97. The van der Waals surface area contributed by atoms with Gasteiger partial charge in [0, 0.05) is 13.0 Å². The average molecular weight is 209 g/mol. The van der Waals surface area contributed by atoms with E-state index in [-0.39, 0.29) is 18.7 Å². The highest BCUT2D eigenvalue weighted by Gasteiger charge is 2.34. The van der Waals surface area contributed by atoms with Crippen LogP contribution in [-0.4, -0.2) is 17.8 Å². The van der Waals surface area contributed by atoms with Crippen molar-refractivity contribution in [2.45, 2.75) is 18.7 Å². The quantitative estimate of drug-likeness (QED) is 0.785. The number of alkyl halides is 3. The topological polar surface area (TPSA) is 59.4 Å². The Balaban J connectivity index is 2.69. The van der Waals surface area contributed by atoms with Gasteiger partial charge in [-0.1, -0.05) is 0 Å². The molecule has 0 bridgehead atoms. The van der Waals surface area contributed by atoms with Gasteiger partial charge in [-0.05, 0) is 12.1 Å². The highest BCUT2D eigenvalue weighted by Crippen LogP contribution is 2.30. The van der Waals surface area contributed by atoms with Crippen molar-refractivity contribution in [2.24, 2.45) is 5.73 Å². The predicted octanol–water partition coefficient (Wildman–Crippen LogP) is 1.16. The lowest BCUT2D eigenvalue weighted by atomic mass is 10.2. The third kappa shape index (κ3) is 2.74. The van der Waals surface area contributed by atoms with E-state index in [0.29, 0.717) is 0 Å². The van der Waals surface area contributed by atoms with Crippen molar-refractivity contribution < 1.29 is 22.7 Å². The summed E-state index contributed by atoms with van der Waals surface area (Å²) in [6, 6.07) is 2.01. The van der Waals surface area contributed by atoms with Gasteiger partial charge in [0.05, 0.1) is 6.10 Å². The Morgan fingerprint density at radius 3 is 2.50 bits per heavy atom. The van der Waals surface area contributed by atoms with Gasteiger partial charge in [-0.3, -0.25) is 0 Å². The molecule has 0 aliphatic rings. The molecule has 0 saturated heterocycles. The Labute approximate surface area is 78.3 Å². The summed E-state index contributed by atoms with van der Waals surface area (Å²) in [5.74, 6) is -0.980. The Bertz CT molecular complexity index is 295. The summed E-state index contributed by atoms with van der Waals surface area (Å²) >= 11 is 0. The van der Waals surface area contributed by atoms with Crippen molar-refractivity contribution >= 4 is 0 Å². The monoisotopic (exact) mass is 209 g/mol. The van der Waals surface area contributed by atoms with Crippen molar-refractivity contribution in [3.8, 4) is 0 Å².